The normalized spacial score (nSPS) is 48.5. The molecule has 2 aliphatic heterocycles. The molecule has 2 fully saturated rings. The van der Waals surface area contributed by atoms with Crippen molar-refractivity contribution in [2.24, 2.45) is 0 Å². The fourth-order valence-electron chi connectivity index (χ4n) is 2.93. The van der Waals surface area contributed by atoms with Crippen LogP contribution in [0.3, 0.4) is 0 Å². The SMILES string of the molecule is OCC1OC(COCC2OC(CO)C(O)C(O)C2O)C(O)C(O)C1O. The molecule has 0 aromatic carbocycles. The molecule has 10 unspecified atom stereocenters. The van der Waals surface area contributed by atoms with Crippen molar-refractivity contribution in [3.63, 3.8) is 0 Å². The smallest absolute Gasteiger partial charge is 0.111 e. The maximum atomic E-state index is 9.88. The first-order valence-corrected chi connectivity index (χ1v) is 8.00. The molecule has 2 heterocycles. The molecule has 148 valence electrons. The van der Waals surface area contributed by atoms with Gasteiger partial charge in [0.25, 0.3) is 0 Å². The second-order valence-corrected chi connectivity index (χ2v) is 6.27. The monoisotopic (exact) mass is 370 g/mol. The Morgan fingerprint density at radius 2 is 0.840 bits per heavy atom. The van der Waals surface area contributed by atoms with Gasteiger partial charge < -0.3 is 55.1 Å². The molecule has 0 aromatic rings. The number of hydrogen-bond donors (Lipinski definition) is 8. The summed E-state index contributed by atoms with van der Waals surface area (Å²) in [5.41, 5.74) is 0. The molecule has 11 heteroatoms. The van der Waals surface area contributed by atoms with Crippen LogP contribution in [-0.2, 0) is 14.2 Å². The Labute approximate surface area is 143 Å². The fraction of sp³-hybridized carbons (Fsp3) is 1.00. The van der Waals surface area contributed by atoms with E-state index in [0.717, 1.165) is 0 Å². The van der Waals surface area contributed by atoms with E-state index in [0.29, 0.717) is 0 Å². The van der Waals surface area contributed by atoms with E-state index in [2.05, 4.69) is 0 Å². The predicted molar refractivity (Wildman–Crippen MR) is 78.4 cm³/mol. The van der Waals surface area contributed by atoms with Crippen LogP contribution in [0.1, 0.15) is 0 Å². The van der Waals surface area contributed by atoms with E-state index in [1.165, 1.54) is 0 Å². The summed E-state index contributed by atoms with van der Waals surface area (Å²) in [7, 11) is 0. The standard InChI is InChI=1S/C14H26O11/c15-1-5-9(17)13(21)11(19)7(24-5)3-23-4-8-12(20)14(22)10(18)6(2-16)25-8/h5-22H,1-4H2. The average Bonchev–Trinajstić information content (AvgIpc) is 2.61. The minimum absolute atomic E-state index is 0.254. The van der Waals surface area contributed by atoms with Crippen molar-refractivity contribution in [1.29, 1.82) is 0 Å². The van der Waals surface area contributed by atoms with E-state index in [1.807, 2.05) is 0 Å². The van der Waals surface area contributed by atoms with Crippen LogP contribution in [0.2, 0.25) is 0 Å². The lowest BCUT2D eigenvalue weighted by Gasteiger charge is -2.41. The number of rotatable bonds is 6. The van der Waals surface area contributed by atoms with Crippen LogP contribution < -0.4 is 0 Å². The molecule has 0 amide bonds. The Morgan fingerprint density at radius 1 is 0.520 bits per heavy atom. The maximum absolute atomic E-state index is 9.88. The van der Waals surface area contributed by atoms with Crippen LogP contribution in [0.25, 0.3) is 0 Å². The second kappa shape index (κ2) is 8.97. The lowest BCUT2D eigenvalue weighted by Crippen LogP contribution is -2.61. The molecule has 2 saturated heterocycles. The molecule has 0 bridgehead atoms. The third kappa shape index (κ3) is 4.46. The Balaban J connectivity index is 1.87. The largest absolute Gasteiger partial charge is 0.394 e. The summed E-state index contributed by atoms with van der Waals surface area (Å²) in [6.07, 6.45) is -13.1. The quantitative estimate of drug-likeness (QED) is 0.223. The summed E-state index contributed by atoms with van der Waals surface area (Å²) < 4.78 is 15.8. The zero-order valence-electron chi connectivity index (χ0n) is 13.4. The molecule has 25 heavy (non-hydrogen) atoms. The Hall–Kier alpha value is -0.440. The number of aliphatic hydroxyl groups excluding tert-OH is 8. The molecule has 2 rings (SSSR count). The van der Waals surface area contributed by atoms with Gasteiger partial charge in [-0.2, -0.15) is 0 Å². The summed E-state index contributed by atoms with van der Waals surface area (Å²) >= 11 is 0. The third-order valence-electron chi connectivity index (χ3n) is 4.55. The van der Waals surface area contributed by atoms with E-state index in [4.69, 9.17) is 24.4 Å². The highest BCUT2D eigenvalue weighted by molar-refractivity contribution is 4.93. The maximum Gasteiger partial charge on any atom is 0.111 e. The van der Waals surface area contributed by atoms with E-state index in [1.54, 1.807) is 0 Å². The van der Waals surface area contributed by atoms with E-state index >= 15 is 0 Å². The average molecular weight is 370 g/mol. The van der Waals surface area contributed by atoms with Crippen molar-refractivity contribution in [3.8, 4) is 0 Å². The molecule has 2 aliphatic rings. The lowest BCUT2D eigenvalue weighted by molar-refractivity contribution is -0.254. The minimum Gasteiger partial charge on any atom is -0.394 e. The lowest BCUT2D eigenvalue weighted by atomic mass is 9.95. The molecule has 8 N–H and O–H groups in total. The van der Waals surface area contributed by atoms with Gasteiger partial charge in [0.1, 0.15) is 61.0 Å². The van der Waals surface area contributed by atoms with Gasteiger partial charge in [-0.3, -0.25) is 0 Å². The molecule has 10 atom stereocenters. The predicted octanol–water partition coefficient (Wildman–Crippen LogP) is -5.31. The van der Waals surface area contributed by atoms with Crippen molar-refractivity contribution in [2.45, 2.75) is 61.0 Å². The van der Waals surface area contributed by atoms with Gasteiger partial charge in [0.05, 0.1) is 26.4 Å². The zero-order valence-corrected chi connectivity index (χ0v) is 13.4. The first-order valence-electron chi connectivity index (χ1n) is 8.00. The summed E-state index contributed by atoms with van der Waals surface area (Å²) in [4.78, 5) is 0. The van der Waals surface area contributed by atoms with Crippen molar-refractivity contribution in [1.82, 2.24) is 0 Å². The van der Waals surface area contributed by atoms with Crippen molar-refractivity contribution < 1.29 is 55.1 Å². The molecular formula is C14H26O11. The van der Waals surface area contributed by atoms with Crippen LogP contribution in [0.4, 0.5) is 0 Å². The van der Waals surface area contributed by atoms with Gasteiger partial charge in [0.2, 0.25) is 0 Å². The Kier molecular flexibility index (Phi) is 7.49. The molecule has 0 saturated carbocycles. The molecular weight excluding hydrogens is 344 g/mol. The fourth-order valence-corrected chi connectivity index (χ4v) is 2.93. The van der Waals surface area contributed by atoms with E-state index < -0.39 is 74.3 Å². The van der Waals surface area contributed by atoms with Gasteiger partial charge in [0, 0.05) is 0 Å². The number of aliphatic hydroxyl groups is 8. The van der Waals surface area contributed by atoms with Crippen molar-refractivity contribution in [3.05, 3.63) is 0 Å². The summed E-state index contributed by atoms with van der Waals surface area (Å²) in [5, 5.41) is 76.7. The third-order valence-corrected chi connectivity index (χ3v) is 4.55. The minimum atomic E-state index is -1.52. The highest BCUT2D eigenvalue weighted by Crippen LogP contribution is 2.23. The van der Waals surface area contributed by atoms with Crippen LogP contribution >= 0.6 is 0 Å². The molecule has 0 radical (unpaired) electrons. The van der Waals surface area contributed by atoms with E-state index in [9.17, 15) is 30.6 Å². The van der Waals surface area contributed by atoms with Gasteiger partial charge in [-0.15, -0.1) is 0 Å². The molecule has 11 nitrogen and oxygen atoms in total. The highest BCUT2D eigenvalue weighted by atomic mass is 16.6. The first-order chi connectivity index (χ1) is 11.8. The highest BCUT2D eigenvalue weighted by Gasteiger charge is 2.45. The van der Waals surface area contributed by atoms with Crippen LogP contribution in [0.15, 0.2) is 0 Å². The van der Waals surface area contributed by atoms with Crippen molar-refractivity contribution in [2.75, 3.05) is 26.4 Å². The summed E-state index contributed by atoms with van der Waals surface area (Å²) in [5.74, 6) is 0. The van der Waals surface area contributed by atoms with Crippen LogP contribution in [0, 0.1) is 0 Å². The molecule has 0 aromatic heterocycles. The summed E-state index contributed by atoms with van der Waals surface area (Å²) in [6, 6.07) is 0. The second-order valence-electron chi connectivity index (χ2n) is 6.27. The van der Waals surface area contributed by atoms with Gasteiger partial charge in [-0.1, -0.05) is 0 Å². The van der Waals surface area contributed by atoms with Crippen LogP contribution in [-0.4, -0.2) is 128 Å². The van der Waals surface area contributed by atoms with Gasteiger partial charge in [-0.05, 0) is 0 Å². The molecule has 0 spiro atoms. The zero-order chi connectivity index (χ0) is 18.7. The number of hydrogen-bond acceptors (Lipinski definition) is 11. The number of ether oxygens (including phenoxy) is 3. The first kappa shape index (κ1) is 20.9. The Morgan fingerprint density at radius 3 is 1.16 bits per heavy atom. The summed E-state index contributed by atoms with van der Waals surface area (Å²) in [6.45, 7) is -1.63. The Bertz CT molecular complexity index is 370. The van der Waals surface area contributed by atoms with Gasteiger partial charge >= 0.3 is 0 Å². The van der Waals surface area contributed by atoms with Gasteiger partial charge in [-0.25, -0.2) is 0 Å². The van der Waals surface area contributed by atoms with Crippen molar-refractivity contribution >= 4 is 0 Å². The van der Waals surface area contributed by atoms with Crippen LogP contribution in [0.5, 0.6) is 0 Å². The molecule has 0 aliphatic carbocycles. The van der Waals surface area contributed by atoms with Gasteiger partial charge in [0.15, 0.2) is 0 Å². The van der Waals surface area contributed by atoms with E-state index in [-0.39, 0.29) is 13.2 Å². The topological polar surface area (TPSA) is 190 Å².